The SMILES string of the molecule is Cc1ccc(C[C@H]2S/C(=N/N=C\c3ccccc3)NC2=O)cc1. The first-order chi connectivity index (χ1) is 11.2. The quantitative estimate of drug-likeness (QED) is 0.694. The zero-order chi connectivity index (χ0) is 16.1. The lowest BCUT2D eigenvalue weighted by atomic mass is 10.1. The van der Waals surface area contributed by atoms with Gasteiger partial charge in [0.2, 0.25) is 5.91 Å². The van der Waals surface area contributed by atoms with Crippen LogP contribution in [-0.2, 0) is 11.2 Å². The number of carbonyl (C=O) groups excluding carboxylic acids is 1. The van der Waals surface area contributed by atoms with Crippen molar-refractivity contribution < 1.29 is 4.79 Å². The fourth-order valence-electron chi connectivity index (χ4n) is 2.21. The monoisotopic (exact) mass is 323 g/mol. The number of hydrogen-bond donors (Lipinski definition) is 1. The Morgan fingerprint density at radius 2 is 1.87 bits per heavy atom. The molecular formula is C18H17N3OS. The molecule has 23 heavy (non-hydrogen) atoms. The van der Waals surface area contributed by atoms with Crippen LogP contribution in [0.3, 0.4) is 0 Å². The smallest absolute Gasteiger partial charge is 0.239 e. The summed E-state index contributed by atoms with van der Waals surface area (Å²) >= 11 is 1.43. The summed E-state index contributed by atoms with van der Waals surface area (Å²) in [6.45, 7) is 2.05. The molecule has 0 aromatic heterocycles. The van der Waals surface area contributed by atoms with E-state index < -0.39 is 0 Å². The predicted octanol–water partition coefficient (Wildman–Crippen LogP) is 3.16. The van der Waals surface area contributed by atoms with Crippen LogP contribution in [0, 0.1) is 6.92 Å². The van der Waals surface area contributed by atoms with Crippen molar-refractivity contribution in [1.82, 2.24) is 5.32 Å². The minimum Gasteiger partial charge on any atom is -0.303 e. The molecule has 3 rings (SSSR count). The molecule has 0 saturated carbocycles. The van der Waals surface area contributed by atoms with Gasteiger partial charge in [-0.05, 0) is 24.5 Å². The largest absolute Gasteiger partial charge is 0.303 e. The Morgan fingerprint density at radius 3 is 2.61 bits per heavy atom. The van der Waals surface area contributed by atoms with Crippen molar-refractivity contribution in [3.8, 4) is 0 Å². The summed E-state index contributed by atoms with van der Waals surface area (Å²) in [6.07, 6.45) is 2.37. The van der Waals surface area contributed by atoms with E-state index in [0.29, 0.717) is 11.6 Å². The Bertz CT molecular complexity index is 739. The van der Waals surface area contributed by atoms with E-state index in [1.807, 2.05) is 30.3 Å². The highest BCUT2D eigenvalue weighted by atomic mass is 32.2. The third kappa shape index (κ3) is 4.29. The molecule has 0 spiro atoms. The van der Waals surface area contributed by atoms with Crippen LogP contribution in [0.15, 0.2) is 64.8 Å². The second-order valence-electron chi connectivity index (χ2n) is 5.35. The van der Waals surface area contributed by atoms with E-state index in [4.69, 9.17) is 0 Å². The van der Waals surface area contributed by atoms with Gasteiger partial charge in [0.25, 0.3) is 0 Å². The number of amidine groups is 1. The van der Waals surface area contributed by atoms with Crippen LogP contribution in [0.1, 0.15) is 16.7 Å². The Hall–Kier alpha value is -2.40. The molecule has 2 aromatic carbocycles. The molecule has 1 heterocycles. The van der Waals surface area contributed by atoms with Crippen molar-refractivity contribution in [2.24, 2.45) is 10.2 Å². The van der Waals surface area contributed by atoms with Gasteiger partial charge in [-0.1, -0.05) is 71.9 Å². The predicted molar refractivity (Wildman–Crippen MR) is 95.9 cm³/mol. The van der Waals surface area contributed by atoms with E-state index in [1.54, 1.807) is 6.21 Å². The molecule has 1 aliphatic heterocycles. The average molecular weight is 323 g/mol. The van der Waals surface area contributed by atoms with Gasteiger partial charge in [-0.2, -0.15) is 5.10 Å². The van der Waals surface area contributed by atoms with Gasteiger partial charge in [0.05, 0.1) is 11.5 Å². The molecule has 1 aliphatic rings. The summed E-state index contributed by atoms with van der Waals surface area (Å²) in [4.78, 5) is 12.0. The van der Waals surface area contributed by atoms with Gasteiger partial charge in [-0.25, -0.2) is 0 Å². The van der Waals surface area contributed by atoms with E-state index in [-0.39, 0.29) is 11.2 Å². The third-order valence-corrected chi connectivity index (χ3v) is 4.55. The van der Waals surface area contributed by atoms with Crippen LogP contribution in [0.2, 0.25) is 0 Å². The fraction of sp³-hybridized carbons (Fsp3) is 0.167. The van der Waals surface area contributed by atoms with Gasteiger partial charge < -0.3 is 5.32 Å². The maximum atomic E-state index is 12.0. The van der Waals surface area contributed by atoms with Crippen LogP contribution in [0.5, 0.6) is 0 Å². The average Bonchev–Trinajstić information content (AvgIpc) is 2.90. The maximum absolute atomic E-state index is 12.0. The zero-order valence-corrected chi connectivity index (χ0v) is 13.6. The lowest BCUT2D eigenvalue weighted by molar-refractivity contribution is -0.118. The molecule has 0 unspecified atom stereocenters. The topological polar surface area (TPSA) is 53.8 Å². The normalized spacial score (nSPS) is 19.4. The summed E-state index contributed by atoms with van der Waals surface area (Å²) < 4.78 is 0. The highest BCUT2D eigenvalue weighted by molar-refractivity contribution is 8.15. The highest BCUT2D eigenvalue weighted by Gasteiger charge is 2.30. The van der Waals surface area contributed by atoms with E-state index in [1.165, 1.54) is 17.3 Å². The lowest BCUT2D eigenvalue weighted by Gasteiger charge is -2.05. The summed E-state index contributed by atoms with van der Waals surface area (Å²) in [6, 6.07) is 18.0. The second kappa shape index (κ2) is 7.24. The van der Waals surface area contributed by atoms with Crippen LogP contribution in [-0.4, -0.2) is 22.5 Å². The van der Waals surface area contributed by atoms with Gasteiger partial charge in [0.15, 0.2) is 5.17 Å². The minimum atomic E-state index is -0.150. The van der Waals surface area contributed by atoms with Crippen LogP contribution in [0.25, 0.3) is 0 Å². The molecule has 1 N–H and O–H groups in total. The van der Waals surface area contributed by atoms with Crippen LogP contribution < -0.4 is 5.32 Å². The number of amides is 1. The number of rotatable bonds is 4. The lowest BCUT2D eigenvalue weighted by Crippen LogP contribution is -2.25. The maximum Gasteiger partial charge on any atom is 0.239 e. The summed E-state index contributed by atoms with van der Waals surface area (Å²) in [5.74, 6) is -0.00997. The molecule has 1 saturated heterocycles. The molecular weight excluding hydrogens is 306 g/mol. The number of carbonyl (C=O) groups is 1. The van der Waals surface area contributed by atoms with Gasteiger partial charge >= 0.3 is 0 Å². The van der Waals surface area contributed by atoms with E-state index in [2.05, 4.69) is 46.7 Å². The molecule has 1 fully saturated rings. The van der Waals surface area contributed by atoms with Crippen molar-refractivity contribution in [2.45, 2.75) is 18.6 Å². The fourth-order valence-corrected chi connectivity index (χ4v) is 3.18. The Kier molecular flexibility index (Phi) is 4.88. The van der Waals surface area contributed by atoms with Crippen molar-refractivity contribution in [2.75, 3.05) is 0 Å². The highest BCUT2D eigenvalue weighted by Crippen LogP contribution is 2.23. The van der Waals surface area contributed by atoms with Crippen molar-refractivity contribution >= 4 is 29.1 Å². The number of hydrogen-bond acceptors (Lipinski definition) is 4. The van der Waals surface area contributed by atoms with Gasteiger partial charge in [0.1, 0.15) is 0 Å². The first-order valence-corrected chi connectivity index (χ1v) is 8.28. The number of thioether (sulfide) groups is 1. The van der Waals surface area contributed by atoms with E-state index in [0.717, 1.165) is 11.1 Å². The zero-order valence-electron chi connectivity index (χ0n) is 12.8. The van der Waals surface area contributed by atoms with E-state index in [9.17, 15) is 4.79 Å². The van der Waals surface area contributed by atoms with Crippen molar-refractivity contribution in [3.05, 3.63) is 71.3 Å². The molecule has 5 heteroatoms. The first-order valence-electron chi connectivity index (χ1n) is 7.40. The number of benzene rings is 2. The van der Waals surface area contributed by atoms with Crippen molar-refractivity contribution in [3.63, 3.8) is 0 Å². The molecule has 2 aromatic rings. The number of aryl methyl sites for hydroxylation is 1. The van der Waals surface area contributed by atoms with Gasteiger partial charge in [0, 0.05) is 0 Å². The Labute approximate surface area is 139 Å². The molecule has 1 amide bonds. The van der Waals surface area contributed by atoms with Gasteiger partial charge in [-0.3, -0.25) is 4.79 Å². The number of nitrogens with zero attached hydrogens (tertiary/aromatic N) is 2. The summed E-state index contributed by atoms with van der Waals surface area (Å²) in [5.41, 5.74) is 3.34. The van der Waals surface area contributed by atoms with E-state index >= 15 is 0 Å². The second-order valence-corrected chi connectivity index (χ2v) is 6.54. The van der Waals surface area contributed by atoms with Crippen molar-refractivity contribution in [1.29, 1.82) is 0 Å². The molecule has 116 valence electrons. The standard InChI is InChI=1S/C18H17N3OS/c1-13-7-9-14(10-8-13)11-16-17(22)20-18(23-16)21-19-12-15-5-3-2-4-6-15/h2-10,12,16H,11H2,1H3,(H,20,21,22)/b19-12-/t16-/m1/s1. The molecule has 4 nitrogen and oxygen atoms in total. The first kappa shape index (κ1) is 15.5. The molecule has 0 bridgehead atoms. The van der Waals surface area contributed by atoms with Crippen LogP contribution >= 0.6 is 11.8 Å². The molecule has 0 aliphatic carbocycles. The molecule has 0 radical (unpaired) electrons. The summed E-state index contributed by atoms with van der Waals surface area (Å²) in [7, 11) is 0. The van der Waals surface area contributed by atoms with Gasteiger partial charge in [-0.15, -0.1) is 5.10 Å². The third-order valence-electron chi connectivity index (χ3n) is 3.47. The Morgan fingerprint density at radius 1 is 1.13 bits per heavy atom. The molecule has 1 atom stereocenters. The Balaban J connectivity index is 1.61. The summed E-state index contributed by atoms with van der Waals surface area (Å²) in [5, 5.41) is 11.3. The minimum absolute atomic E-state index is 0.00997. The van der Waals surface area contributed by atoms with Crippen LogP contribution in [0.4, 0.5) is 0 Å². The number of nitrogens with one attached hydrogen (secondary N) is 1.